The molecule has 0 radical (unpaired) electrons. The molecule has 1 heterocycles. The molecule has 2 N–H and O–H groups in total. The summed E-state index contributed by atoms with van der Waals surface area (Å²) in [7, 11) is 0. The van der Waals surface area contributed by atoms with Gasteiger partial charge in [0.05, 0.1) is 6.04 Å². The fraction of sp³-hybridized carbons (Fsp3) is 0.417. The molecule has 160 valence electrons. The zero-order valence-electron chi connectivity index (χ0n) is 17.9. The van der Waals surface area contributed by atoms with Gasteiger partial charge < -0.3 is 15.5 Å². The number of urea groups is 1. The highest BCUT2D eigenvalue weighted by molar-refractivity contribution is 5.77. The van der Waals surface area contributed by atoms with E-state index in [4.69, 9.17) is 0 Å². The Labute approximate surface area is 177 Å². The molecule has 0 bridgehead atoms. The lowest BCUT2D eigenvalue weighted by Gasteiger charge is -2.29. The van der Waals surface area contributed by atoms with Gasteiger partial charge in [-0.15, -0.1) is 0 Å². The van der Waals surface area contributed by atoms with Crippen LogP contribution in [0.2, 0.25) is 0 Å². The van der Waals surface area contributed by atoms with Crippen LogP contribution in [0.3, 0.4) is 0 Å². The van der Waals surface area contributed by atoms with Crippen LogP contribution >= 0.6 is 0 Å². The van der Waals surface area contributed by atoms with Crippen molar-refractivity contribution < 1.29 is 14.0 Å². The summed E-state index contributed by atoms with van der Waals surface area (Å²) in [6.07, 6.45) is 1.89. The van der Waals surface area contributed by atoms with E-state index in [9.17, 15) is 14.0 Å². The third-order valence-corrected chi connectivity index (χ3v) is 5.64. The molecule has 1 aliphatic heterocycles. The first kappa shape index (κ1) is 21.8. The standard InChI is InChI=1S/C24H30FN3O2/c1-16-13-21(14-17(2)23(16)25)18(3)27-24(30)26-11-6-9-22(29)28-12-10-19-7-4-5-8-20(19)15-28/h4-5,7-8,13-14,18H,6,9-12,15H2,1-3H3,(H2,26,27,30). The van der Waals surface area contributed by atoms with E-state index in [2.05, 4.69) is 22.8 Å². The fourth-order valence-electron chi connectivity index (χ4n) is 3.87. The maximum Gasteiger partial charge on any atom is 0.315 e. The van der Waals surface area contributed by atoms with Crippen molar-refractivity contribution in [1.29, 1.82) is 0 Å². The van der Waals surface area contributed by atoms with E-state index in [1.54, 1.807) is 26.0 Å². The second kappa shape index (κ2) is 9.74. The summed E-state index contributed by atoms with van der Waals surface area (Å²) in [5, 5.41) is 5.67. The number of benzene rings is 2. The molecule has 1 unspecified atom stereocenters. The van der Waals surface area contributed by atoms with Gasteiger partial charge in [0.25, 0.3) is 0 Å². The number of nitrogens with zero attached hydrogens (tertiary/aromatic N) is 1. The van der Waals surface area contributed by atoms with Crippen molar-refractivity contribution in [1.82, 2.24) is 15.5 Å². The number of hydrogen-bond acceptors (Lipinski definition) is 2. The SMILES string of the molecule is Cc1cc(C(C)NC(=O)NCCCC(=O)N2CCc3ccccc3C2)cc(C)c1F. The topological polar surface area (TPSA) is 61.4 Å². The van der Waals surface area contributed by atoms with Gasteiger partial charge in [0, 0.05) is 26.1 Å². The zero-order valence-corrected chi connectivity index (χ0v) is 17.9. The van der Waals surface area contributed by atoms with Gasteiger partial charge in [0.2, 0.25) is 5.91 Å². The Bertz CT molecular complexity index is 905. The van der Waals surface area contributed by atoms with Crippen LogP contribution in [-0.2, 0) is 17.8 Å². The highest BCUT2D eigenvalue weighted by atomic mass is 19.1. The molecular weight excluding hydrogens is 381 g/mol. The van der Waals surface area contributed by atoms with Crippen LogP contribution in [0.15, 0.2) is 36.4 Å². The molecular formula is C24H30FN3O2. The first-order chi connectivity index (χ1) is 14.3. The lowest BCUT2D eigenvalue weighted by molar-refractivity contribution is -0.132. The number of aryl methyl sites for hydroxylation is 2. The molecule has 1 aliphatic rings. The summed E-state index contributed by atoms with van der Waals surface area (Å²) in [5.74, 6) is -0.0883. The molecule has 5 nitrogen and oxygen atoms in total. The summed E-state index contributed by atoms with van der Waals surface area (Å²) in [6.45, 7) is 7.14. The largest absolute Gasteiger partial charge is 0.338 e. The molecule has 0 fully saturated rings. The van der Waals surface area contributed by atoms with E-state index >= 15 is 0 Å². The molecule has 30 heavy (non-hydrogen) atoms. The minimum Gasteiger partial charge on any atom is -0.338 e. The molecule has 0 saturated carbocycles. The second-order valence-corrected chi connectivity index (χ2v) is 8.03. The van der Waals surface area contributed by atoms with Crippen molar-refractivity contribution in [3.05, 3.63) is 70.0 Å². The number of carbonyl (C=O) groups excluding carboxylic acids is 2. The maximum atomic E-state index is 13.8. The Morgan fingerprint density at radius 3 is 2.50 bits per heavy atom. The third kappa shape index (κ3) is 5.38. The minimum absolute atomic E-state index is 0.123. The van der Waals surface area contributed by atoms with E-state index in [0.29, 0.717) is 37.1 Å². The number of nitrogens with one attached hydrogen (secondary N) is 2. The molecule has 6 heteroatoms. The summed E-state index contributed by atoms with van der Waals surface area (Å²) >= 11 is 0. The summed E-state index contributed by atoms with van der Waals surface area (Å²) in [6, 6.07) is 11.2. The van der Waals surface area contributed by atoms with E-state index in [-0.39, 0.29) is 23.8 Å². The maximum absolute atomic E-state index is 13.8. The predicted molar refractivity (Wildman–Crippen MR) is 116 cm³/mol. The summed E-state index contributed by atoms with van der Waals surface area (Å²) in [4.78, 5) is 26.5. The van der Waals surface area contributed by atoms with Crippen LogP contribution in [0.5, 0.6) is 0 Å². The Morgan fingerprint density at radius 2 is 1.80 bits per heavy atom. The number of carbonyl (C=O) groups is 2. The lowest BCUT2D eigenvalue weighted by Crippen LogP contribution is -2.38. The monoisotopic (exact) mass is 411 g/mol. The van der Waals surface area contributed by atoms with Crippen molar-refractivity contribution in [3.63, 3.8) is 0 Å². The molecule has 0 aliphatic carbocycles. The number of fused-ring (bicyclic) bond motifs is 1. The van der Waals surface area contributed by atoms with Crippen molar-refractivity contribution in [2.45, 2.75) is 52.6 Å². The Balaban J connectivity index is 1.39. The van der Waals surface area contributed by atoms with Gasteiger partial charge in [-0.3, -0.25) is 4.79 Å². The highest BCUT2D eigenvalue weighted by Crippen LogP contribution is 2.20. The van der Waals surface area contributed by atoms with Crippen LogP contribution in [0.4, 0.5) is 9.18 Å². The van der Waals surface area contributed by atoms with Gasteiger partial charge in [0.1, 0.15) is 5.82 Å². The van der Waals surface area contributed by atoms with Gasteiger partial charge in [-0.2, -0.15) is 0 Å². The van der Waals surface area contributed by atoms with Crippen molar-refractivity contribution in [2.24, 2.45) is 0 Å². The summed E-state index contributed by atoms with van der Waals surface area (Å²) in [5.41, 5.74) is 4.54. The van der Waals surface area contributed by atoms with Gasteiger partial charge in [-0.1, -0.05) is 36.4 Å². The van der Waals surface area contributed by atoms with Gasteiger partial charge in [-0.05, 0) is 61.4 Å². The average molecular weight is 412 g/mol. The predicted octanol–water partition coefficient (Wildman–Crippen LogP) is 4.17. The van der Waals surface area contributed by atoms with Crippen molar-refractivity contribution in [3.8, 4) is 0 Å². The molecule has 0 aromatic heterocycles. The molecule has 2 aromatic carbocycles. The van der Waals surface area contributed by atoms with E-state index in [0.717, 1.165) is 18.5 Å². The number of rotatable bonds is 6. The van der Waals surface area contributed by atoms with Crippen molar-refractivity contribution in [2.75, 3.05) is 13.1 Å². The Kier molecular flexibility index (Phi) is 7.08. The Morgan fingerprint density at radius 1 is 1.13 bits per heavy atom. The molecule has 2 aromatic rings. The first-order valence-electron chi connectivity index (χ1n) is 10.5. The van der Waals surface area contributed by atoms with Gasteiger partial charge >= 0.3 is 6.03 Å². The number of hydrogen-bond donors (Lipinski definition) is 2. The number of amides is 3. The molecule has 3 rings (SSSR count). The minimum atomic E-state index is -0.290. The second-order valence-electron chi connectivity index (χ2n) is 8.03. The highest BCUT2D eigenvalue weighted by Gasteiger charge is 2.20. The molecule has 0 saturated heterocycles. The Hall–Kier alpha value is -2.89. The van der Waals surface area contributed by atoms with Crippen LogP contribution in [0.25, 0.3) is 0 Å². The van der Waals surface area contributed by atoms with E-state index in [1.165, 1.54) is 11.1 Å². The van der Waals surface area contributed by atoms with E-state index < -0.39 is 0 Å². The third-order valence-electron chi connectivity index (χ3n) is 5.64. The van der Waals surface area contributed by atoms with Crippen LogP contribution < -0.4 is 10.6 Å². The number of halogens is 1. The molecule has 0 spiro atoms. The lowest BCUT2D eigenvalue weighted by atomic mass is 9.99. The quantitative estimate of drug-likeness (QED) is 0.701. The van der Waals surface area contributed by atoms with Crippen LogP contribution in [-0.4, -0.2) is 29.9 Å². The average Bonchev–Trinajstić information content (AvgIpc) is 2.74. The van der Waals surface area contributed by atoms with Crippen molar-refractivity contribution >= 4 is 11.9 Å². The summed E-state index contributed by atoms with van der Waals surface area (Å²) < 4.78 is 13.8. The van der Waals surface area contributed by atoms with Gasteiger partial charge in [0.15, 0.2) is 0 Å². The van der Waals surface area contributed by atoms with Crippen LogP contribution in [0.1, 0.15) is 53.6 Å². The normalized spacial score (nSPS) is 14.1. The fourth-order valence-corrected chi connectivity index (χ4v) is 3.87. The first-order valence-corrected chi connectivity index (χ1v) is 10.5. The zero-order chi connectivity index (χ0) is 21.7. The molecule has 1 atom stereocenters. The van der Waals surface area contributed by atoms with E-state index in [1.807, 2.05) is 24.0 Å². The molecule has 3 amide bonds. The van der Waals surface area contributed by atoms with Crippen LogP contribution in [0, 0.1) is 19.7 Å². The van der Waals surface area contributed by atoms with Gasteiger partial charge in [-0.25, -0.2) is 9.18 Å². The smallest absolute Gasteiger partial charge is 0.315 e.